The van der Waals surface area contributed by atoms with E-state index >= 15 is 0 Å². The monoisotopic (exact) mass is 238 g/mol. The Hall–Kier alpha value is -1.31. The van der Waals surface area contributed by atoms with Crippen LogP contribution in [0.3, 0.4) is 0 Å². The van der Waals surface area contributed by atoms with Crippen LogP contribution in [0.2, 0.25) is 0 Å². The molecule has 0 unspecified atom stereocenters. The van der Waals surface area contributed by atoms with Crippen molar-refractivity contribution in [2.75, 3.05) is 0 Å². The van der Waals surface area contributed by atoms with Crippen LogP contribution in [-0.2, 0) is 9.53 Å². The van der Waals surface area contributed by atoms with Crippen molar-refractivity contribution >= 4 is 5.97 Å². The van der Waals surface area contributed by atoms with Crippen LogP contribution < -0.4 is 0 Å². The molecule has 2 nitrogen and oxygen atoms in total. The standard InChI is InChI=1S/C11H14O2.2C2H6/c1-5-7-8-9(6-2)11(3,4)13-10(8)12;2*1-2/h5-7H,1H2,2-4H3;2*1-2H3/b8-7+,9-6+;;. The van der Waals surface area contributed by atoms with Gasteiger partial charge in [-0.25, -0.2) is 4.79 Å². The highest BCUT2D eigenvalue weighted by molar-refractivity contribution is 5.98. The van der Waals surface area contributed by atoms with Crippen molar-refractivity contribution in [1.29, 1.82) is 0 Å². The fraction of sp³-hybridized carbons (Fsp3) is 0.533. The van der Waals surface area contributed by atoms with E-state index < -0.39 is 5.60 Å². The zero-order chi connectivity index (χ0) is 14.1. The number of carbonyl (C=O) groups is 1. The highest BCUT2D eigenvalue weighted by Gasteiger charge is 2.39. The smallest absolute Gasteiger partial charge is 0.339 e. The van der Waals surface area contributed by atoms with Crippen LogP contribution in [0.15, 0.2) is 36.0 Å². The van der Waals surface area contributed by atoms with Gasteiger partial charge in [0.25, 0.3) is 0 Å². The van der Waals surface area contributed by atoms with E-state index in [1.807, 2.05) is 54.5 Å². The molecule has 0 bridgehead atoms. The second-order valence-electron chi connectivity index (χ2n) is 3.42. The largest absolute Gasteiger partial charge is 0.451 e. The quantitative estimate of drug-likeness (QED) is 0.499. The summed E-state index contributed by atoms with van der Waals surface area (Å²) in [4.78, 5) is 11.4. The Morgan fingerprint density at radius 2 is 1.65 bits per heavy atom. The first kappa shape index (κ1) is 18.1. The summed E-state index contributed by atoms with van der Waals surface area (Å²) in [6, 6.07) is 0. The third kappa shape index (κ3) is 4.59. The van der Waals surface area contributed by atoms with Gasteiger partial charge in [-0.3, -0.25) is 0 Å². The minimum absolute atomic E-state index is 0.266. The average Bonchev–Trinajstić information content (AvgIpc) is 2.54. The normalized spacial score (nSPS) is 21.0. The number of esters is 1. The maximum Gasteiger partial charge on any atom is 0.339 e. The lowest BCUT2D eigenvalue weighted by atomic mass is 9.94. The van der Waals surface area contributed by atoms with E-state index in [0.717, 1.165) is 5.57 Å². The number of hydrogen-bond acceptors (Lipinski definition) is 2. The zero-order valence-corrected chi connectivity index (χ0v) is 12.3. The molecule has 0 aromatic heterocycles. The Balaban J connectivity index is 0. The molecule has 0 aromatic rings. The Labute approximate surface area is 106 Å². The van der Waals surface area contributed by atoms with Gasteiger partial charge >= 0.3 is 5.97 Å². The van der Waals surface area contributed by atoms with Crippen LogP contribution in [0, 0.1) is 0 Å². The Bertz CT molecular complexity index is 307. The van der Waals surface area contributed by atoms with Crippen molar-refractivity contribution in [2.24, 2.45) is 0 Å². The first-order valence-electron chi connectivity index (χ1n) is 6.26. The van der Waals surface area contributed by atoms with Crippen LogP contribution in [-0.4, -0.2) is 11.6 Å². The van der Waals surface area contributed by atoms with Crippen molar-refractivity contribution in [3.63, 3.8) is 0 Å². The minimum atomic E-state index is -0.499. The van der Waals surface area contributed by atoms with Gasteiger partial charge in [0.15, 0.2) is 0 Å². The number of carbonyl (C=O) groups excluding carboxylic acids is 1. The summed E-state index contributed by atoms with van der Waals surface area (Å²) in [5.41, 5.74) is 1.04. The van der Waals surface area contributed by atoms with Crippen LogP contribution in [0.25, 0.3) is 0 Å². The Kier molecular flexibility index (Phi) is 9.35. The molecule has 1 saturated heterocycles. The van der Waals surface area contributed by atoms with E-state index in [0.29, 0.717) is 5.57 Å². The van der Waals surface area contributed by atoms with Crippen LogP contribution in [0.5, 0.6) is 0 Å². The predicted octanol–water partition coefficient (Wildman–Crippen LogP) is 4.43. The number of hydrogen-bond donors (Lipinski definition) is 0. The topological polar surface area (TPSA) is 26.3 Å². The Morgan fingerprint density at radius 3 is 2.00 bits per heavy atom. The van der Waals surface area contributed by atoms with Crippen molar-refractivity contribution in [2.45, 2.75) is 54.1 Å². The number of ether oxygens (including phenoxy) is 1. The van der Waals surface area contributed by atoms with Gasteiger partial charge in [0.05, 0.1) is 5.57 Å². The van der Waals surface area contributed by atoms with E-state index in [2.05, 4.69) is 6.58 Å². The zero-order valence-electron chi connectivity index (χ0n) is 12.3. The number of allylic oxidation sites excluding steroid dienone is 3. The molecule has 1 heterocycles. The molecule has 1 aliphatic rings. The summed E-state index contributed by atoms with van der Waals surface area (Å²) in [5.74, 6) is -0.266. The van der Waals surface area contributed by atoms with E-state index in [9.17, 15) is 4.79 Å². The summed E-state index contributed by atoms with van der Waals surface area (Å²) >= 11 is 0. The maximum absolute atomic E-state index is 11.4. The summed E-state index contributed by atoms with van der Waals surface area (Å²) in [5, 5.41) is 0. The van der Waals surface area contributed by atoms with Gasteiger partial charge in [0.1, 0.15) is 5.60 Å². The maximum atomic E-state index is 11.4. The number of rotatable bonds is 1. The summed E-state index contributed by atoms with van der Waals surface area (Å²) in [6.45, 7) is 17.2. The first-order chi connectivity index (χ1) is 8.03. The molecule has 2 heteroatoms. The second-order valence-corrected chi connectivity index (χ2v) is 3.42. The lowest BCUT2D eigenvalue weighted by Crippen LogP contribution is -2.20. The molecule has 0 spiro atoms. The van der Waals surface area contributed by atoms with E-state index in [1.165, 1.54) is 0 Å². The molecule has 0 N–H and O–H groups in total. The van der Waals surface area contributed by atoms with Gasteiger partial charge in [-0.2, -0.15) is 0 Å². The fourth-order valence-electron chi connectivity index (χ4n) is 1.55. The molecule has 1 fully saturated rings. The van der Waals surface area contributed by atoms with E-state index in [-0.39, 0.29) is 5.97 Å². The molecule has 0 amide bonds. The van der Waals surface area contributed by atoms with E-state index in [1.54, 1.807) is 12.2 Å². The Morgan fingerprint density at radius 1 is 1.18 bits per heavy atom. The number of cyclic esters (lactones) is 1. The van der Waals surface area contributed by atoms with Gasteiger partial charge in [-0.1, -0.05) is 46.4 Å². The molecule has 0 radical (unpaired) electrons. The molecule has 0 atom stereocenters. The van der Waals surface area contributed by atoms with Crippen molar-refractivity contribution in [1.82, 2.24) is 0 Å². The van der Waals surface area contributed by atoms with Gasteiger partial charge in [-0.05, 0) is 26.8 Å². The van der Waals surface area contributed by atoms with Crippen molar-refractivity contribution < 1.29 is 9.53 Å². The SMILES string of the molecule is C=C/C=C1/C(=O)OC(C)(C)/C1=C/C.CC.CC. The van der Waals surface area contributed by atoms with Gasteiger partial charge in [0, 0.05) is 5.57 Å². The minimum Gasteiger partial charge on any atom is -0.451 e. The molecule has 17 heavy (non-hydrogen) atoms. The van der Waals surface area contributed by atoms with E-state index in [4.69, 9.17) is 4.74 Å². The van der Waals surface area contributed by atoms with Crippen LogP contribution in [0.1, 0.15) is 48.5 Å². The molecule has 98 valence electrons. The molecular formula is C15H26O2. The highest BCUT2D eigenvalue weighted by Crippen LogP contribution is 2.35. The lowest BCUT2D eigenvalue weighted by Gasteiger charge is -2.17. The van der Waals surface area contributed by atoms with Gasteiger partial charge in [-0.15, -0.1) is 0 Å². The average molecular weight is 238 g/mol. The predicted molar refractivity (Wildman–Crippen MR) is 74.9 cm³/mol. The molecule has 0 aromatic carbocycles. The summed E-state index contributed by atoms with van der Waals surface area (Å²) < 4.78 is 5.19. The van der Waals surface area contributed by atoms with Crippen LogP contribution >= 0.6 is 0 Å². The molecule has 1 aliphatic heterocycles. The summed E-state index contributed by atoms with van der Waals surface area (Å²) in [6.07, 6.45) is 5.19. The third-order valence-corrected chi connectivity index (χ3v) is 2.08. The van der Waals surface area contributed by atoms with Gasteiger partial charge in [0.2, 0.25) is 0 Å². The molecule has 0 saturated carbocycles. The third-order valence-electron chi connectivity index (χ3n) is 2.08. The second kappa shape index (κ2) is 8.80. The molecule has 1 rings (SSSR count). The van der Waals surface area contributed by atoms with Crippen molar-refractivity contribution in [3.8, 4) is 0 Å². The lowest BCUT2D eigenvalue weighted by molar-refractivity contribution is -0.142. The molecule has 0 aliphatic carbocycles. The highest BCUT2D eigenvalue weighted by atomic mass is 16.6. The fourth-order valence-corrected chi connectivity index (χ4v) is 1.55. The van der Waals surface area contributed by atoms with Gasteiger partial charge < -0.3 is 4.74 Å². The summed E-state index contributed by atoms with van der Waals surface area (Å²) in [7, 11) is 0. The molecular weight excluding hydrogens is 212 g/mol. The first-order valence-corrected chi connectivity index (χ1v) is 6.26. The van der Waals surface area contributed by atoms with Crippen LogP contribution in [0.4, 0.5) is 0 Å². The van der Waals surface area contributed by atoms with Crippen molar-refractivity contribution in [3.05, 3.63) is 36.0 Å².